The Morgan fingerprint density at radius 3 is 3.00 bits per heavy atom. The molecule has 4 heteroatoms. The molecule has 1 aliphatic heterocycles. The van der Waals surface area contributed by atoms with E-state index in [1.54, 1.807) is 11.3 Å². The van der Waals surface area contributed by atoms with Crippen LogP contribution in [0.2, 0.25) is 0 Å². The zero-order chi connectivity index (χ0) is 10.3. The molecule has 2 aliphatic rings. The van der Waals surface area contributed by atoms with Crippen molar-refractivity contribution in [3.05, 3.63) is 16.6 Å². The lowest BCUT2D eigenvalue weighted by Gasteiger charge is -2.31. The van der Waals surface area contributed by atoms with Gasteiger partial charge in [0.05, 0.1) is 11.6 Å². The molecule has 0 aromatic carbocycles. The first kappa shape index (κ1) is 9.75. The van der Waals surface area contributed by atoms with Gasteiger partial charge in [-0.2, -0.15) is 0 Å². The third-order valence-corrected chi connectivity index (χ3v) is 4.36. The van der Waals surface area contributed by atoms with Gasteiger partial charge in [-0.3, -0.25) is 0 Å². The lowest BCUT2D eigenvalue weighted by Crippen LogP contribution is -2.48. The summed E-state index contributed by atoms with van der Waals surface area (Å²) in [5.74, 6) is 0. The largest absolute Gasteiger partial charge is 0.376 e. The second-order valence-corrected chi connectivity index (χ2v) is 5.38. The summed E-state index contributed by atoms with van der Waals surface area (Å²) in [5.41, 5.74) is -0.00463. The van der Waals surface area contributed by atoms with Gasteiger partial charge >= 0.3 is 0 Å². The Balaban J connectivity index is 1.92. The lowest BCUT2D eigenvalue weighted by atomic mass is 9.92. The first-order valence-corrected chi connectivity index (χ1v) is 6.48. The molecular weight excluding hydrogens is 208 g/mol. The van der Waals surface area contributed by atoms with E-state index in [9.17, 15) is 0 Å². The molecule has 1 saturated carbocycles. The molecule has 1 aliphatic carbocycles. The van der Waals surface area contributed by atoms with Crippen molar-refractivity contribution in [2.45, 2.75) is 43.9 Å². The van der Waals surface area contributed by atoms with Gasteiger partial charge in [-0.15, -0.1) is 11.3 Å². The maximum Gasteiger partial charge on any atom is 0.115 e. The fourth-order valence-electron chi connectivity index (χ4n) is 2.31. The van der Waals surface area contributed by atoms with Crippen molar-refractivity contribution < 1.29 is 4.74 Å². The molecular formula is C11H16N2OS. The molecule has 0 amide bonds. The minimum atomic E-state index is -0.00463. The van der Waals surface area contributed by atoms with Gasteiger partial charge in [0, 0.05) is 24.2 Å². The van der Waals surface area contributed by atoms with Crippen LogP contribution in [0.25, 0.3) is 0 Å². The fraction of sp³-hybridized carbons (Fsp3) is 0.727. The molecule has 0 radical (unpaired) electrons. The predicted octanol–water partition coefficient (Wildman–Crippen LogP) is 1.90. The first-order chi connectivity index (χ1) is 7.31. The molecule has 3 nitrogen and oxygen atoms in total. The van der Waals surface area contributed by atoms with E-state index in [4.69, 9.17) is 4.74 Å². The molecule has 2 atom stereocenters. The van der Waals surface area contributed by atoms with Gasteiger partial charge in [-0.05, 0) is 26.2 Å². The molecule has 1 saturated heterocycles. The van der Waals surface area contributed by atoms with Crippen molar-refractivity contribution in [3.63, 3.8) is 0 Å². The van der Waals surface area contributed by atoms with Crippen molar-refractivity contribution in [2.75, 3.05) is 6.61 Å². The van der Waals surface area contributed by atoms with Crippen LogP contribution in [-0.4, -0.2) is 23.7 Å². The number of aromatic nitrogens is 1. The number of thiazole rings is 1. The Labute approximate surface area is 93.9 Å². The summed E-state index contributed by atoms with van der Waals surface area (Å²) in [6.45, 7) is 3.00. The van der Waals surface area contributed by atoms with Gasteiger partial charge in [-0.1, -0.05) is 0 Å². The molecule has 2 unspecified atom stereocenters. The van der Waals surface area contributed by atoms with Gasteiger partial charge < -0.3 is 10.1 Å². The molecule has 1 aromatic rings. The number of nitrogens with zero attached hydrogens (tertiary/aromatic N) is 1. The Morgan fingerprint density at radius 2 is 2.47 bits per heavy atom. The lowest BCUT2D eigenvalue weighted by molar-refractivity contribution is 0.0810. The van der Waals surface area contributed by atoms with Crippen LogP contribution < -0.4 is 5.32 Å². The number of hydrogen-bond acceptors (Lipinski definition) is 4. The van der Waals surface area contributed by atoms with Crippen molar-refractivity contribution in [2.24, 2.45) is 0 Å². The van der Waals surface area contributed by atoms with Crippen LogP contribution in [0.3, 0.4) is 0 Å². The van der Waals surface area contributed by atoms with Crippen molar-refractivity contribution in [3.8, 4) is 0 Å². The standard InChI is InChI=1S/C11H16N2OS/c1-8-11(4-6-14-8,13-9-2-3-9)10-12-5-7-15-10/h5,7-9,13H,2-4,6H2,1H3. The number of hydrogen-bond donors (Lipinski definition) is 1. The minimum Gasteiger partial charge on any atom is -0.376 e. The van der Waals surface area contributed by atoms with Crippen LogP contribution in [0.15, 0.2) is 11.6 Å². The van der Waals surface area contributed by atoms with Gasteiger partial charge in [0.15, 0.2) is 0 Å². The highest BCUT2D eigenvalue weighted by molar-refractivity contribution is 7.09. The third kappa shape index (κ3) is 1.61. The van der Waals surface area contributed by atoms with Crippen LogP contribution in [-0.2, 0) is 10.3 Å². The molecule has 1 aromatic heterocycles. The SMILES string of the molecule is CC1OCCC1(NC1CC1)c1nccs1. The average Bonchev–Trinajstić information content (AvgIpc) is 2.76. The predicted molar refractivity (Wildman–Crippen MR) is 60.0 cm³/mol. The highest BCUT2D eigenvalue weighted by Gasteiger charge is 2.47. The molecule has 15 heavy (non-hydrogen) atoms. The van der Waals surface area contributed by atoms with Gasteiger partial charge in [-0.25, -0.2) is 4.98 Å². The molecule has 82 valence electrons. The van der Waals surface area contributed by atoms with Gasteiger partial charge in [0.1, 0.15) is 5.01 Å². The highest BCUT2D eigenvalue weighted by atomic mass is 32.1. The van der Waals surface area contributed by atoms with Crippen molar-refractivity contribution >= 4 is 11.3 Å². The van der Waals surface area contributed by atoms with E-state index in [2.05, 4.69) is 22.6 Å². The van der Waals surface area contributed by atoms with Crippen LogP contribution in [0, 0.1) is 0 Å². The van der Waals surface area contributed by atoms with Crippen LogP contribution in [0.1, 0.15) is 31.2 Å². The van der Waals surface area contributed by atoms with Crippen LogP contribution in [0.5, 0.6) is 0 Å². The number of nitrogens with one attached hydrogen (secondary N) is 1. The zero-order valence-electron chi connectivity index (χ0n) is 8.90. The summed E-state index contributed by atoms with van der Waals surface area (Å²) in [7, 11) is 0. The molecule has 2 heterocycles. The van der Waals surface area contributed by atoms with Crippen LogP contribution >= 0.6 is 11.3 Å². The second-order valence-electron chi connectivity index (χ2n) is 4.49. The van der Waals surface area contributed by atoms with E-state index >= 15 is 0 Å². The highest BCUT2D eigenvalue weighted by Crippen LogP contribution is 2.39. The quantitative estimate of drug-likeness (QED) is 0.851. The third-order valence-electron chi connectivity index (χ3n) is 3.41. The number of rotatable bonds is 3. The molecule has 0 bridgehead atoms. The summed E-state index contributed by atoms with van der Waals surface area (Å²) < 4.78 is 5.73. The summed E-state index contributed by atoms with van der Waals surface area (Å²) >= 11 is 1.74. The first-order valence-electron chi connectivity index (χ1n) is 5.60. The van der Waals surface area contributed by atoms with Gasteiger partial charge in [0.2, 0.25) is 0 Å². The normalized spacial score (nSPS) is 35.9. The second kappa shape index (κ2) is 3.54. The molecule has 1 N–H and O–H groups in total. The van der Waals surface area contributed by atoms with Crippen molar-refractivity contribution in [1.82, 2.24) is 10.3 Å². The van der Waals surface area contributed by atoms with E-state index in [1.165, 1.54) is 17.8 Å². The fourth-order valence-corrected chi connectivity index (χ4v) is 3.22. The summed E-state index contributed by atoms with van der Waals surface area (Å²) in [6, 6.07) is 0.693. The Bertz CT molecular complexity index is 336. The monoisotopic (exact) mass is 224 g/mol. The van der Waals surface area contributed by atoms with E-state index in [-0.39, 0.29) is 11.6 Å². The number of ether oxygens (including phenoxy) is 1. The Morgan fingerprint density at radius 1 is 1.60 bits per heavy atom. The Hall–Kier alpha value is -0.450. The Kier molecular flexibility index (Phi) is 2.30. The average molecular weight is 224 g/mol. The summed E-state index contributed by atoms with van der Waals surface area (Å²) in [4.78, 5) is 4.48. The van der Waals surface area contributed by atoms with E-state index in [1.807, 2.05) is 6.20 Å². The summed E-state index contributed by atoms with van der Waals surface area (Å²) in [6.07, 6.45) is 5.79. The van der Waals surface area contributed by atoms with E-state index < -0.39 is 0 Å². The van der Waals surface area contributed by atoms with E-state index in [0.29, 0.717) is 6.04 Å². The van der Waals surface area contributed by atoms with Crippen molar-refractivity contribution in [1.29, 1.82) is 0 Å². The maximum atomic E-state index is 5.73. The molecule has 3 rings (SSSR count). The molecule has 2 fully saturated rings. The minimum absolute atomic E-state index is 0.00463. The van der Waals surface area contributed by atoms with Crippen LogP contribution in [0.4, 0.5) is 0 Å². The summed E-state index contributed by atoms with van der Waals surface area (Å²) in [5, 5.41) is 6.99. The smallest absolute Gasteiger partial charge is 0.115 e. The topological polar surface area (TPSA) is 34.1 Å². The van der Waals surface area contributed by atoms with Gasteiger partial charge in [0.25, 0.3) is 0 Å². The molecule has 0 spiro atoms. The zero-order valence-corrected chi connectivity index (χ0v) is 9.72. The maximum absolute atomic E-state index is 5.73. The van der Waals surface area contributed by atoms with E-state index in [0.717, 1.165) is 13.0 Å².